The van der Waals surface area contributed by atoms with E-state index in [1.54, 1.807) is 37.3 Å². The van der Waals surface area contributed by atoms with Gasteiger partial charge in [-0.1, -0.05) is 18.2 Å². The molecule has 1 N–H and O–H groups in total. The number of benzene rings is 2. The smallest absolute Gasteiger partial charge is 0.321 e. The number of urea groups is 1. The summed E-state index contributed by atoms with van der Waals surface area (Å²) in [6.07, 6.45) is 1.45. The molecule has 176 valence electrons. The summed E-state index contributed by atoms with van der Waals surface area (Å²) in [4.78, 5) is 29.3. The number of hydrogen-bond acceptors (Lipinski definition) is 6. The van der Waals surface area contributed by atoms with Crippen LogP contribution in [-0.4, -0.2) is 72.8 Å². The van der Waals surface area contributed by atoms with Crippen molar-refractivity contribution in [3.05, 3.63) is 48.5 Å². The number of likely N-dealkylation sites (tertiary alicyclic amines) is 1. The van der Waals surface area contributed by atoms with Crippen molar-refractivity contribution >= 4 is 29.4 Å². The third kappa shape index (κ3) is 5.13. The van der Waals surface area contributed by atoms with Gasteiger partial charge in [0.1, 0.15) is 17.2 Å². The number of ether oxygens (including phenoxy) is 3. The molecule has 9 heteroatoms. The largest absolute Gasteiger partial charge is 0.497 e. The number of methoxy groups -OCH3 is 2. The zero-order valence-electron chi connectivity index (χ0n) is 18.9. The van der Waals surface area contributed by atoms with Gasteiger partial charge in [0.2, 0.25) is 0 Å². The molecule has 4 rings (SSSR count). The summed E-state index contributed by atoms with van der Waals surface area (Å²) < 4.78 is 16.3. The predicted octanol–water partition coefficient (Wildman–Crippen LogP) is 3.68. The van der Waals surface area contributed by atoms with Crippen LogP contribution in [0.1, 0.15) is 12.8 Å². The normalized spacial score (nSPS) is 17.0. The summed E-state index contributed by atoms with van der Waals surface area (Å²) >= 11 is 1.81. The Bertz CT molecular complexity index is 979. The average molecular weight is 472 g/mol. The molecule has 0 aliphatic carbocycles. The molecular formula is C24H29N3O5S. The van der Waals surface area contributed by atoms with Gasteiger partial charge in [0, 0.05) is 31.5 Å². The monoisotopic (exact) mass is 471 g/mol. The van der Waals surface area contributed by atoms with E-state index in [1.165, 1.54) is 0 Å². The Morgan fingerprint density at radius 2 is 1.76 bits per heavy atom. The maximum absolute atomic E-state index is 12.9. The second-order valence-corrected chi connectivity index (χ2v) is 9.38. The number of para-hydroxylation sites is 1. The molecule has 2 aliphatic heterocycles. The summed E-state index contributed by atoms with van der Waals surface area (Å²) in [6.45, 7) is 1.87. The predicted molar refractivity (Wildman–Crippen MR) is 128 cm³/mol. The minimum absolute atomic E-state index is 0.00951. The summed E-state index contributed by atoms with van der Waals surface area (Å²) in [6, 6.07) is 14.5. The lowest BCUT2D eigenvalue weighted by Gasteiger charge is -2.44. The lowest BCUT2D eigenvalue weighted by atomic mass is 10.0. The van der Waals surface area contributed by atoms with Gasteiger partial charge in [-0.2, -0.15) is 0 Å². The highest BCUT2D eigenvalue weighted by Crippen LogP contribution is 2.44. The summed E-state index contributed by atoms with van der Waals surface area (Å²) in [5, 5.41) is 2.93. The number of rotatable bonds is 6. The standard InChI is InChI=1S/C24H29N3O5S/c1-30-19-8-9-20(21(16-19)31-2)25-23(29)26-12-10-24(11-13-26)27(14-15-33-24)22(28)17-32-18-6-4-3-5-7-18/h3-9,16H,10-15,17H2,1-2H3,(H,25,29). The van der Waals surface area contributed by atoms with Gasteiger partial charge in [-0.05, 0) is 37.1 Å². The Balaban J connectivity index is 1.34. The lowest BCUT2D eigenvalue weighted by molar-refractivity contribution is -0.136. The van der Waals surface area contributed by atoms with E-state index in [-0.39, 0.29) is 23.4 Å². The van der Waals surface area contributed by atoms with Crippen LogP contribution in [0.2, 0.25) is 0 Å². The van der Waals surface area contributed by atoms with Crippen LogP contribution in [0.15, 0.2) is 48.5 Å². The second kappa shape index (κ2) is 10.2. The highest BCUT2D eigenvalue weighted by molar-refractivity contribution is 8.00. The summed E-state index contributed by atoms with van der Waals surface area (Å²) in [5.74, 6) is 2.77. The zero-order chi connectivity index (χ0) is 23.3. The molecule has 0 bridgehead atoms. The molecule has 0 aromatic heterocycles. The van der Waals surface area contributed by atoms with Crippen LogP contribution < -0.4 is 19.5 Å². The number of anilines is 1. The first-order valence-electron chi connectivity index (χ1n) is 10.9. The molecule has 8 nitrogen and oxygen atoms in total. The third-order valence-electron chi connectivity index (χ3n) is 6.07. The van der Waals surface area contributed by atoms with Crippen molar-refractivity contribution in [2.24, 2.45) is 0 Å². The zero-order valence-corrected chi connectivity index (χ0v) is 19.7. The van der Waals surface area contributed by atoms with Crippen molar-refractivity contribution in [3.63, 3.8) is 0 Å². The van der Waals surface area contributed by atoms with Crippen molar-refractivity contribution in [2.45, 2.75) is 17.7 Å². The van der Waals surface area contributed by atoms with E-state index < -0.39 is 0 Å². The van der Waals surface area contributed by atoms with Crippen LogP contribution in [0.4, 0.5) is 10.5 Å². The maximum Gasteiger partial charge on any atom is 0.321 e. The molecule has 1 spiro atoms. The third-order valence-corrected chi connectivity index (χ3v) is 7.62. The number of amides is 3. The first-order chi connectivity index (χ1) is 16.0. The molecule has 33 heavy (non-hydrogen) atoms. The molecule has 2 aromatic rings. The fourth-order valence-electron chi connectivity index (χ4n) is 4.27. The van der Waals surface area contributed by atoms with Gasteiger partial charge in [0.15, 0.2) is 6.61 Å². The lowest BCUT2D eigenvalue weighted by Crippen LogP contribution is -2.55. The Morgan fingerprint density at radius 3 is 2.45 bits per heavy atom. The van der Waals surface area contributed by atoms with Crippen molar-refractivity contribution < 1.29 is 23.8 Å². The summed E-state index contributed by atoms with van der Waals surface area (Å²) in [7, 11) is 3.14. The molecule has 0 unspecified atom stereocenters. The van der Waals surface area contributed by atoms with Gasteiger partial charge in [-0.3, -0.25) is 4.79 Å². The van der Waals surface area contributed by atoms with E-state index in [1.807, 2.05) is 47.0 Å². The Morgan fingerprint density at radius 1 is 1.00 bits per heavy atom. The number of carbonyl (C=O) groups is 2. The van der Waals surface area contributed by atoms with Crippen LogP contribution in [0, 0.1) is 0 Å². The molecule has 0 atom stereocenters. The van der Waals surface area contributed by atoms with Gasteiger partial charge in [-0.25, -0.2) is 4.79 Å². The van der Waals surface area contributed by atoms with Crippen LogP contribution in [0.3, 0.4) is 0 Å². The molecule has 0 saturated carbocycles. The number of nitrogens with one attached hydrogen (secondary N) is 1. The van der Waals surface area contributed by atoms with Gasteiger partial charge < -0.3 is 29.3 Å². The van der Waals surface area contributed by atoms with Crippen LogP contribution in [-0.2, 0) is 4.79 Å². The van der Waals surface area contributed by atoms with Gasteiger partial charge in [0.05, 0.1) is 24.8 Å². The van der Waals surface area contributed by atoms with E-state index in [9.17, 15) is 9.59 Å². The molecular weight excluding hydrogens is 442 g/mol. The minimum Gasteiger partial charge on any atom is -0.497 e. The van der Waals surface area contributed by atoms with Gasteiger partial charge in [0.25, 0.3) is 5.91 Å². The number of nitrogens with zero attached hydrogens (tertiary/aromatic N) is 2. The molecule has 2 saturated heterocycles. The van der Waals surface area contributed by atoms with Gasteiger partial charge >= 0.3 is 6.03 Å². The number of piperidine rings is 1. The average Bonchev–Trinajstić information content (AvgIpc) is 3.26. The second-order valence-electron chi connectivity index (χ2n) is 7.93. The van der Waals surface area contributed by atoms with E-state index in [2.05, 4.69) is 5.32 Å². The fraction of sp³-hybridized carbons (Fsp3) is 0.417. The Kier molecular flexibility index (Phi) is 7.17. The molecule has 2 heterocycles. The van der Waals surface area contributed by atoms with Crippen LogP contribution in [0.5, 0.6) is 17.2 Å². The van der Waals surface area contributed by atoms with Crippen molar-refractivity contribution in [2.75, 3.05) is 51.5 Å². The molecule has 2 aliphatic rings. The fourth-order valence-corrected chi connectivity index (χ4v) is 5.74. The van der Waals surface area contributed by atoms with E-state index in [0.29, 0.717) is 42.6 Å². The van der Waals surface area contributed by atoms with Crippen molar-refractivity contribution in [1.29, 1.82) is 0 Å². The topological polar surface area (TPSA) is 80.3 Å². The molecule has 0 radical (unpaired) electrons. The van der Waals surface area contributed by atoms with Crippen molar-refractivity contribution in [3.8, 4) is 17.2 Å². The molecule has 3 amide bonds. The van der Waals surface area contributed by atoms with Crippen molar-refractivity contribution in [1.82, 2.24) is 9.80 Å². The highest BCUT2D eigenvalue weighted by Gasteiger charge is 2.47. The van der Waals surface area contributed by atoms with E-state index in [4.69, 9.17) is 14.2 Å². The van der Waals surface area contributed by atoms with E-state index >= 15 is 0 Å². The molecule has 2 fully saturated rings. The number of thioether (sulfide) groups is 1. The Labute approximate surface area is 198 Å². The number of hydrogen-bond donors (Lipinski definition) is 1. The van der Waals surface area contributed by atoms with E-state index in [0.717, 1.165) is 18.6 Å². The SMILES string of the molecule is COc1ccc(NC(=O)N2CCC3(CC2)SCCN3C(=O)COc2ccccc2)c(OC)c1. The number of carbonyl (C=O) groups excluding carboxylic acids is 2. The summed E-state index contributed by atoms with van der Waals surface area (Å²) in [5.41, 5.74) is 0.591. The van der Waals surface area contributed by atoms with Gasteiger partial charge in [-0.15, -0.1) is 11.8 Å². The van der Waals surface area contributed by atoms with Crippen LogP contribution >= 0.6 is 11.8 Å². The maximum atomic E-state index is 12.9. The Hall–Kier alpha value is -3.07. The van der Waals surface area contributed by atoms with Crippen LogP contribution in [0.25, 0.3) is 0 Å². The minimum atomic E-state index is -0.272. The molecule has 2 aromatic carbocycles. The first kappa shape index (κ1) is 23.1. The quantitative estimate of drug-likeness (QED) is 0.692. The first-order valence-corrected chi connectivity index (χ1v) is 11.9. The highest BCUT2D eigenvalue weighted by atomic mass is 32.2.